The molecule has 11 rings (SSSR count). The smallest absolute Gasteiger partial charge is 0.164 e. The van der Waals surface area contributed by atoms with Crippen LogP contribution in [0.3, 0.4) is 0 Å². The molecule has 1 saturated carbocycles. The van der Waals surface area contributed by atoms with E-state index in [9.17, 15) is 0 Å². The van der Waals surface area contributed by atoms with Crippen molar-refractivity contribution >= 4 is 0 Å². The van der Waals surface area contributed by atoms with Gasteiger partial charge in [0.15, 0.2) is 17.5 Å². The number of benzene rings is 8. The Labute approximate surface area is 352 Å². The van der Waals surface area contributed by atoms with Crippen LogP contribution in [0.25, 0.3) is 89.8 Å². The summed E-state index contributed by atoms with van der Waals surface area (Å²) in [5.74, 6) is 1.92. The molecule has 1 heterocycles. The number of rotatable bonds is 7. The number of hydrogen-bond donors (Lipinski definition) is 0. The first-order valence-electron chi connectivity index (χ1n) is 21.2. The highest BCUT2D eigenvalue weighted by Crippen LogP contribution is 2.56. The molecule has 286 valence electrons. The van der Waals surface area contributed by atoms with Crippen molar-refractivity contribution in [1.82, 2.24) is 15.0 Å². The number of hydrogen-bond acceptors (Lipinski definition) is 3. The molecule has 8 aromatic carbocycles. The largest absolute Gasteiger partial charge is 0.208 e. The van der Waals surface area contributed by atoms with E-state index >= 15 is 0 Å². The zero-order valence-corrected chi connectivity index (χ0v) is 33.4. The molecule has 3 nitrogen and oxygen atoms in total. The first-order chi connectivity index (χ1) is 29.7. The van der Waals surface area contributed by atoms with Crippen LogP contribution in [0.1, 0.15) is 43.2 Å². The molecule has 0 radical (unpaired) electrons. The van der Waals surface area contributed by atoms with Gasteiger partial charge < -0.3 is 0 Å². The molecule has 0 aliphatic heterocycles. The molecule has 0 bridgehead atoms. The minimum atomic E-state index is 0.125. The molecule has 0 N–H and O–H groups in total. The fourth-order valence-corrected chi connectivity index (χ4v) is 9.75. The van der Waals surface area contributed by atoms with Gasteiger partial charge in [-0.25, -0.2) is 15.0 Å². The lowest BCUT2D eigenvalue weighted by molar-refractivity contribution is 0.353. The Morgan fingerprint density at radius 2 is 0.633 bits per heavy atom. The van der Waals surface area contributed by atoms with E-state index in [0.29, 0.717) is 17.5 Å². The first kappa shape index (κ1) is 35.9. The average molecular weight is 770 g/mol. The van der Waals surface area contributed by atoms with Gasteiger partial charge in [-0.15, -0.1) is 0 Å². The van der Waals surface area contributed by atoms with Crippen molar-refractivity contribution in [2.75, 3.05) is 0 Å². The standard InChI is InChI=1S/C57H43N3/c1-4-16-39(17-5-1)41-20-13-25-47(35-41)54-58-55(48-26-14-21-42(36-48)40-18-6-2-7-19-40)60-56(59-54)49-27-15-24-45(37-49)43-22-12-23-44(34-43)46-30-31-51-50-28-8-9-29-52(50)57(53(51)38-46)32-10-3-11-33-57/h1-2,4-9,12-31,34-38H,3,10-11,32-33H2. The quantitative estimate of drug-likeness (QED) is 0.162. The van der Waals surface area contributed by atoms with Crippen molar-refractivity contribution in [2.45, 2.75) is 37.5 Å². The lowest BCUT2D eigenvalue weighted by Crippen LogP contribution is -2.28. The lowest BCUT2D eigenvalue weighted by Gasteiger charge is -2.36. The second kappa shape index (κ2) is 15.2. The van der Waals surface area contributed by atoms with Gasteiger partial charge in [0.2, 0.25) is 0 Å². The van der Waals surface area contributed by atoms with Gasteiger partial charge >= 0.3 is 0 Å². The van der Waals surface area contributed by atoms with Gasteiger partial charge in [-0.05, 0) is 110 Å². The van der Waals surface area contributed by atoms with Crippen LogP contribution in [0, 0.1) is 0 Å². The van der Waals surface area contributed by atoms with Gasteiger partial charge in [0.1, 0.15) is 0 Å². The van der Waals surface area contributed by atoms with Crippen LogP contribution in [-0.4, -0.2) is 15.0 Å². The summed E-state index contributed by atoms with van der Waals surface area (Å²) in [7, 11) is 0. The molecule has 1 aromatic heterocycles. The molecule has 0 saturated heterocycles. The zero-order chi connectivity index (χ0) is 39.9. The van der Waals surface area contributed by atoms with Gasteiger partial charge in [0, 0.05) is 22.1 Å². The molecule has 60 heavy (non-hydrogen) atoms. The van der Waals surface area contributed by atoms with Crippen LogP contribution in [-0.2, 0) is 5.41 Å². The predicted octanol–water partition coefficient (Wildman–Crippen LogP) is 14.8. The molecule has 1 fully saturated rings. The third-order valence-electron chi connectivity index (χ3n) is 12.7. The molecule has 1 spiro atoms. The highest BCUT2D eigenvalue weighted by Gasteiger charge is 2.43. The Balaban J connectivity index is 0.987. The molecular weight excluding hydrogens is 727 g/mol. The van der Waals surface area contributed by atoms with Crippen LogP contribution < -0.4 is 0 Å². The maximum atomic E-state index is 5.18. The van der Waals surface area contributed by atoms with Crippen molar-refractivity contribution in [3.05, 3.63) is 211 Å². The maximum absolute atomic E-state index is 5.18. The van der Waals surface area contributed by atoms with Gasteiger partial charge in [-0.3, -0.25) is 0 Å². The lowest BCUT2D eigenvalue weighted by atomic mass is 9.67. The highest BCUT2D eigenvalue weighted by molar-refractivity contribution is 5.85. The Morgan fingerprint density at radius 1 is 0.267 bits per heavy atom. The molecule has 0 unspecified atom stereocenters. The third-order valence-corrected chi connectivity index (χ3v) is 12.7. The monoisotopic (exact) mass is 769 g/mol. The van der Waals surface area contributed by atoms with E-state index in [4.69, 9.17) is 15.0 Å². The Kier molecular flexibility index (Phi) is 9.08. The van der Waals surface area contributed by atoms with Crippen LogP contribution >= 0.6 is 0 Å². The van der Waals surface area contributed by atoms with Crippen molar-refractivity contribution in [1.29, 1.82) is 0 Å². The summed E-state index contributed by atoms with van der Waals surface area (Å²) in [6, 6.07) is 71.8. The van der Waals surface area contributed by atoms with Crippen LogP contribution in [0.4, 0.5) is 0 Å². The molecular formula is C57H43N3. The van der Waals surface area contributed by atoms with Crippen molar-refractivity contribution in [3.8, 4) is 89.8 Å². The Bertz CT molecular complexity index is 2910. The number of aromatic nitrogens is 3. The molecule has 2 aliphatic carbocycles. The van der Waals surface area contributed by atoms with Gasteiger partial charge in [-0.2, -0.15) is 0 Å². The van der Waals surface area contributed by atoms with Crippen LogP contribution in [0.5, 0.6) is 0 Å². The summed E-state index contributed by atoms with van der Waals surface area (Å²) in [6.07, 6.45) is 6.36. The van der Waals surface area contributed by atoms with E-state index in [1.165, 1.54) is 65.5 Å². The van der Waals surface area contributed by atoms with Crippen molar-refractivity contribution < 1.29 is 0 Å². The van der Waals surface area contributed by atoms with E-state index in [1.54, 1.807) is 0 Å². The second-order valence-corrected chi connectivity index (χ2v) is 16.3. The van der Waals surface area contributed by atoms with E-state index in [1.807, 2.05) is 12.1 Å². The summed E-state index contributed by atoms with van der Waals surface area (Å²) in [4.78, 5) is 15.5. The summed E-state index contributed by atoms with van der Waals surface area (Å²) in [5, 5.41) is 0. The summed E-state index contributed by atoms with van der Waals surface area (Å²) < 4.78 is 0. The van der Waals surface area contributed by atoms with E-state index in [-0.39, 0.29) is 5.41 Å². The van der Waals surface area contributed by atoms with Crippen molar-refractivity contribution in [3.63, 3.8) is 0 Å². The normalized spacial score (nSPS) is 13.8. The SMILES string of the molecule is c1ccc(-c2cccc(-c3nc(-c4cccc(-c5ccccc5)c4)nc(-c4cccc(-c5cccc(-c6ccc7c(c6)C6(CCCCC6)c6ccccc6-7)c5)c4)n3)c2)cc1. The highest BCUT2D eigenvalue weighted by atomic mass is 15.0. The number of nitrogens with zero attached hydrogens (tertiary/aromatic N) is 3. The Morgan fingerprint density at radius 3 is 1.13 bits per heavy atom. The fraction of sp³-hybridized carbons (Fsp3) is 0.105. The van der Waals surface area contributed by atoms with Crippen molar-refractivity contribution in [2.24, 2.45) is 0 Å². The maximum Gasteiger partial charge on any atom is 0.164 e. The minimum absolute atomic E-state index is 0.125. The molecule has 0 amide bonds. The summed E-state index contributed by atoms with van der Waals surface area (Å²) in [5.41, 5.74) is 18.1. The van der Waals surface area contributed by atoms with E-state index in [0.717, 1.165) is 50.1 Å². The van der Waals surface area contributed by atoms with Crippen LogP contribution in [0.2, 0.25) is 0 Å². The van der Waals surface area contributed by atoms with E-state index < -0.39 is 0 Å². The second-order valence-electron chi connectivity index (χ2n) is 16.3. The van der Waals surface area contributed by atoms with Gasteiger partial charge in [-0.1, -0.05) is 189 Å². The van der Waals surface area contributed by atoms with Gasteiger partial charge in [0.25, 0.3) is 0 Å². The van der Waals surface area contributed by atoms with Gasteiger partial charge in [0.05, 0.1) is 0 Å². The van der Waals surface area contributed by atoms with E-state index in [2.05, 4.69) is 188 Å². The number of fused-ring (bicyclic) bond motifs is 5. The third kappa shape index (κ3) is 6.53. The fourth-order valence-electron chi connectivity index (χ4n) is 9.75. The summed E-state index contributed by atoms with van der Waals surface area (Å²) in [6.45, 7) is 0. The minimum Gasteiger partial charge on any atom is -0.208 e. The summed E-state index contributed by atoms with van der Waals surface area (Å²) >= 11 is 0. The topological polar surface area (TPSA) is 38.7 Å². The average Bonchev–Trinajstić information content (AvgIpc) is 3.60. The Hall–Kier alpha value is -7.23. The zero-order valence-electron chi connectivity index (χ0n) is 33.4. The van der Waals surface area contributed by atoms with Crippen LogP contribution in [0.15, 0.2) is 200 Å². The molecule has 9 aromatic rings. The molecule has 3 heteroatoms. The molecule has 2 aliphatic rings. The molecule has 0 atom stereocenters. The predicted molar refractivity (Wildman–Crippen MR) is 247 cm³/mol. The first-order valence-corrected chi connectivity index (χ1v) is 21.2.